The molecule has 1 aromatic carbocycles. The molecule has 0 saturated heterocycles. The lowest BCUT2D eigenvalue weighted by molar-refractivity contribution is 0.506. The molecule has 0 saturated carbocycles. The van der Waals surface area contributed by atoms with Gasteiger partial charge in [-0.2, -0.15) is 0 Å². The fourth-order valence-corrected chi connectivity index (χ4v) is 1.08. The molecule has 0 radical (unpaired) electrons. The number of nitrogens with zero attached hydrogens (tertiary/aromatic N) is 1. The van der Waals surface area contributed by atoms with Crippen molar-refractivity contribution in [2.24, 2.45) is 0 Å². The van der Waals surface area contributed by atoms with E-state index in [9.17, 15) is 8.42 Å². The van der Waals surface area contributed by atoms with Gasteiger partial charge in [-0.3, -0.25) is 0 Å². The van der Waals surface area contributed by atoms with Crippen molar-refractivity contribution in [1.29, 1.82) is 5.26 Å². The molecule has 5 heteroatoms. The van der Waals surface area contributed by atoms with E-state index < -0.39 is 10.7 Å². The topological polar surface area (TPSA) is 67.2 Å². The van der Waals surface area contributed by atoms with Gasteiger partial charge in [0.25, 0.3) is 6.26 Å². The summed E-state index contributed by atoms with van der Waals surface area (Å²) in [6.07, 6.45) is 1.48. The van der Waals surface area contributed by atoms with E-state index in [1.165, 1.54) is 30.5 Å². The Hall–Kier alpha value is -1.54. The third-order valence-corrected chi connectivity index (χ3v) is 1.93. The van der Waals surface area contributed by atoms with Crippen LogP contribution in [0.1, 0.15) is 0 Å². The second kappa shape index (κ2) is 3.74. The quantitative estimate of drug-likeness (QED) is 0.536. The Morgan fingerprint density at radius 3 is 2.25 bits per heavy atom. The molecule has 62 valence electrons. The molecule has 0 aliphatic rings. The van der Waals surface area contributed by atoms with Gasteiger partial charge in [0.05, 0.1) is 4.90 Å². The number of rotatable bonds is 2. The minimum Gasteiger partial charge on any atom is -0.388 e. The largest absolute Gasteiger partial charge is 0.388 e. The van der Waals surface area contributed by atoms with Crippen LogP contribution in [0.15, 0.2) is 29.2 Å². The van der Waals surface area contributed by atoms with Crippen LogP contribution in [0, 0.1) is 11.5 Å². The summed E-state index contributed by atoms with van der Waals surface area (Å²) in [5, 5.41) is 8.11. The van der Waals surface area contributed by atoms with Crippen molar-refractivity contribution in [1.82, 2.24) is 0 Å². The number of thiol groups is 1. The maximum Gasteiger partial charge on any atom is 0.292 e. The highest BCUT2D eigenvalue weighted by Crippen LogP contribution is 2.11. The van der Waals surface area contributed by atoms with E-state index in [1.54, 1.807) is 0 Å². The van der Waals surface area contributed by atoms with E-state index in [0.29, 0.717) is 5.75 Å². The Kier molecular flexibility index (Phi) is 2.66. The van der Waals surface area contributed by atoms with E-state index >= 15 is 0 Å². The normalized spacial score (nSPS) is 9.33. The van der Waals surface area contributed by atoms with Gasteiger partial charge >= 0.3 is 0 Å². The van der Waals surface area contributed by atoms with E-state index in [2.05, 4.69) is 4.74 Å². The molecular formula is C7H5NO3S. The average molecular weight is 183 g/mol. The number of benzene rings is 1. The lowest BCUT2D eigenvalue weighted by atomic mass is 10.3. The van der Waals surface area contributed by atoms with Crippen LogP contribution in [0.2, 0.25) is 0 Å². The highest BCUT2D eigenvalue weighted by molar-refractivity contribution is 7.72. The highest BCUT2D eigenvalue weighted by Gasteiger charge is 1.95. The highest BCUT2D eigenvalue weighted by atomic mass is 32.2. The Balaban J connectivity index is 2.94. The number of hydrogen-bond acceptors (Lipinski definition) is 4. The summed E-state index contributed by atoms with van der Waals surface area (Å²) in [7, 11) is -2.56. The fourth-order valence-electron chi connectivity index (χ4n) is 0.689. The SMILES string of the molecule is N#COc1ccc([SH](=O)=O)cc1. The smallest absolute Gasteiger partial charge is 0.292 e. The molecule has 0 spiro atoms. The van der Waals surface area contributed by atoms with Crippen LogP contribution < -0.4 is 4.74 Å². The first kappa shape index (κ1) is 8.56. The van der Waals surface area contributed by atoms with Crippen molar-refractivity contribution in [3.05, 3.63) is 24.3 Å². The Labute approximate surface area is 71.0 Å². The zero-order valence-electron chi connectivity index (χ0n) is 5.93. The van der Waals surface area contributed by atoms with Gasteiger partial charge in [0, 0.05) is 0 Å². The standard InChI is InChI=1S/C7H5NO3S/c8-5-11-6-1-3-7(4-2-6)12(9)10/h1-4,12H. The summed E-state index contributed by atoms with van der Waals surface area (Å²) in [6.45, 7) is 0. The lowest BCUT2D eigenvalue weighted by Gasteiger charge is -1.93. The fraction of sp³-hybridized carbons (Fsp3) is 0. The monoisotopic (exact) mass is 183 g/mol. The summed E-state index contributed by atoms with van der Waals surface area (Å²) in [5.41, 5.74) is 0. The van der Waals surface area contributed by atoms with Gasteiger partial charge in [-0.15, -0.1) is 5.26 Å². The lowest BCUT2D eigenvalue weighted by Crippen LogP contribution is -1.83. The van der Waals surface area contributed by atoms with Crippen LogP contribution in [0.5, 0.6) is 5.75 Å². The van der Waals surface area contributed by atoms with E-state index in [0.717, 1.165) is 0 Å². The molecule has 0 fully saturated rings. The molecular weight excluding hydrogens is 178 g/mol. The van der Waals surface area contributed by atoms with Crippen molar-refractivity contribution in [2.75, 3.05) is 0 Å². The van der Waals surface area contributed by atoms with Crippen molar-refractivity contribution in [3.8, 4) is 12.0 Å². The van der Waals surface area contributed by atoms with E-state index in [-0.39, 0.29) is 4.90 Å². The Morgan fingerprint density at radius 2 is 1.83 bits per heavy atom. The van der Waals surface area contributed by atoms with E-state index in [4.69, 9.17) is 5.26 Å². The zero-order valence-corrected chi connectivity index (χ0v) is 6.82. The molecule has 1 aromatic rings. The third kappa shape index (κ3) is 1.97. The molecule has 0 atom stereocenters. The molecule has 1 rings (SSSR count). The van der Waals surface area contributed by atoms with Gasteiger partial charge in [-0.05, 0) is 24.3 Å². The van der Waals surface area contributed by atoms with Crippen LogP contribution in [-0.2, 0) is 10.7 Å². The number of hydrogen-bond donors (Lipinski definition) is 1. The summed E-state index contributed by atoms with van der Waals surface area (Å²) in [5.74, 6) is 0.332. The maximum atomic E-state index is 10.4. The first-order chi connectivity index (χ1) is 5.74. The van der Waals surface area contributed by atoms with Gasteiger partial charge in [-0.25, -0.2) is 8.42 Å². The van der Waals surface area contributed by atoms with Crippen molar-refractivity contribution < 1.29 is 13.2 Å². The molecule has 0 aliphatic carbocycles. The average Bonchev–Trinajstić information content (AvgIpc) is 2.06. The number of ether oxygens (including phenoxy) is 1. The molecule has 0 aliphatic heterocycles. The molecule has 0 aromatic heterocycles. The molecule has 12 heavy (non-hydrogen) atoms. The first-order valence-electron chi connectivity index (χ1n) is 3.04. The second-order valence-electron chi connectivity index (χ2n) is 1.94. The first-order valence-corrected chi connectivity index (χ1v) is 4.22. The van der Waals surface area contributed by atoms with Gasteiger partial charge in [0.1, 0.15) is 5.75 Å². The molecule has 4 nitrogen and oxygen atoms in total. The predicted molar refractivity (Wildman–Crippen MR) is 41.3 cm³/mol. The third-order valence-electron chi connectivity index (χ3n) is 1.21. The van der Waals surface area contributed by atoms with Crippen molar-refractivity contribution >= 4 is 10.7 Å². The van der Waals surface area contributed by atoms with Crippen molar-refractivity contribution in [2.45, 2.75) is 4.90 Å². The number of nitriles is 1. The van der Waals surface area contributed by atoms with Crippen molar-refractivity contribution in [3.63, 3.8) is 0 Å². The molecule has 0 unspecified atom stereocenters. The summed E-state index contributed by atoms with van der Waals surface area (Å²) in [6, 6.07) is 5.59. The van der Waals surface area contributed by atoms with Crippen LogP contribution in [0.25, 0.3) is 0 Å². The summed E-state index contributed by atoms with van der Waals surface area (Å²) >= 11 is 0. The van der Waals surface area contributed by atoms with Crippen LogP contribution in [0.4, 0.5) is 0 Å². The van der Waals surface area contributed by atoms with Gasteiger partial charge < -0.3 is 4.74 Å². The second-order valence-corrected chi connectivity index (χ2v) is 2.97. The Bertz CT molecular complexity index is 367. The predicted octanol–water partition coefficient (Wildman–Crippen LogP) is 0.517. The minimum absolute atomic E-state index is 0.204. The van der Waals surface area contributed by atoms with Crippen LogP contribution in [0.3, 0.4) is 0 Å². The van der Waals surface area contributed by atoms with Gasteiger partial charge in [0.2, 0.25) is 0 Å². The maximum absolute atomic E-state index is 10.4. The summed E-state index contributed by atoms with van der Waals surface area (Å²) < 4.78 is 25.3. The summed E-state index contributed by atoms with van der Waals surface area (Å²) in [4.78, 5) is 0.204. The van der Waals surface area contributed by atoms with Gasteiger partial charge in [-0.1, -0.05) is 0 Å². The minimum atomic E-state index is -2.56. The van der Waals surface area contributed by atoms with E-state index in [1.807, 2.05) is 0 Å². The molecule has 0 heterocycles. The molecule has 0 amide bonds. The zero-order chi connectivity index (χ0) is 8.97. The molecule has 0 bridgehead atoms. The Morgan fingerprint density at radius 1 is 1.25 bits per heavy atom. The molecule has 0 N–H and O–H groups in total. The van der Waals surface area contributed by atoms with Crippen LogP contribution in [-0.4, -0.2) is 8.42 Å². The van der Waals surface area contributed by atoms with Gasteiger partial charge in [0.15, 0.2) is 10.7 Å². The van der Waals surface area contributed by atoms with Crippen LogP contribution >= 0.6 is 0 Å².